The maximum atomic E-state index is 13.1. The molecule has 1 saturated carbocycles. The van der Waals surface area contributed by atoms with E-state index in [1.165, 1.54) is 12.8 Å². The summed E-state index contributed by atoms with van der Waals surface area (Å²) < 4.78 is 6.05. The number of rotatable bonds is 2. The summed E-state index contributed by atoms with van der Waals surface area (Å²) in [6, 6.07) is 0.172. The second kappa shape index (κ2) is 6.78. The molecular formula is C19H29N5O2. The summed E-state index contributed by atoms with van der Waals surface area (Å²) in [4.78, 5) is 26.4. The quantitative estimate of drug-likeness (QED) is 0.860. The van der Waals surface area contributed by atoms with Crippen LogP contribution in [-0.4, -0.2) is 65.2 Å². The van der Waals surface area contributed by atoms with Crippen LogP contribution in [0.5, 0.6) is 0 Å². The van der Waals surface area contributed by atoms with Crippen molar-refractivity contribution < 1.29 is 9.53 Å². The molecule has 4 rings (SSSR count). The first-order chi connectivity index (χ1) is 12.5. The zero-order valence-corrected chi connectivity index (χ0v) is 15.8. The maximum Gasteiger partial charge on any atom is 0.291 e. The summed E-state index contributed by atoms with van der Waals surface area (Å²) in [7, 11) is 0. The van der Waals surface area contributed by atoms with E-state index >= 15 is 0 Å². The molecule has 1 spiro atoms. The third-order valence-electron chi connectivity index (χ3n) is 6.13. The van der Waals surface area contributed by atoms with Gasteiger partial charge in [0.2, 0.25) is 5.82 Å². The summed E-state index contributed by atoms with van der Waals surface area (Å²) in [5.41, 5.74) is 7.81. The van der Waals surface area contributed by atoms with Gasteiger partial charge in [0.15, 0.2) is 0 Å². The van der Waals surface area contributed by atoms with Crippen LogP contribution in [0.4, 0.5) is 5.82 Å². The van der Waals surface area contributed by atoms with E-state index in [0.29, 0.717) is 25.5 Å². The zero-order chi connectivity index (χ0) is 18.3. The molecule has 0 bridgehead atoms. The van der Waals surface area contributed by atoms with Gasteiger partial charge < -0.3 is 20.3 Å². The molecule has 0 radical (unpaired) electrons. The summed E-state index contributed by atoms with van der Waals surface area (Å²) in [5, 5.41) is 0. The van der Waals surface area contributed by atoms with E-state index in [0.717, 1.165) is 49.4 Å². The number of hydrogen-bond acceptors (Lipinski definition) is 6. The maximum absolute atomic E-state index is 13.1. The lowest BCUT2D eigenvalue weighted by Gasteiger charge is -2.40. The van der Waals surface area contributed by atoms with Crippen LogP contribution >= 0.6 is 0 Å². The van der Waals surface area contributed by atoms with Gasteiger partial charge in [-0.25, -0.2) is 9.97 Å². The van der Waals surface area contributed by atoms with Gasteiger partial charge in [-0.1, -0.05) is 12.8 Å². The fourth-order valence-corrected chi connectivity index (χ4v) is 4.48. The molecule has 1 atom stereocenters. The predicted octanol–water partition coefficient (Wildman–Crippen LogP) is 1.42. The van der Waals surface area contributed by atoms with Crippen molar-refractivity contribution in [2.45, 2.75) is 57.6 Å². The standard InChI is InChI=1S/C19H29N5O2/c1-13-14(2)21-16(22-17(13)23-8-5-15(20)11-23)18(25)24-9-10-26-19(12-24)6-3-4-7-19/h15H,3-12,20H2,1-2H3/t15-/m1/s1. The van der Waals surface area contributed by atoms with Crippen molar-refractivity contribution >= 4 is 11.7 Å². The third-order valence-corrected chi connectivity index (χ3v) is 6.13. The monoisotopic (exact) mass is 359 g/mol. The first-order valence-electron chi connectivity index (χ1n) is 9.76. The summed E-state index contributed by atoms with van der Waals surface area (Å²) >= 11 is 0. The average molecular weight is 359 g/mol. The molecule has 1 amide bonds. The van der Waals surface area contributed by atoms with E-state index in [4.69, 9.17) is 10.5 Å². The number of ether oxygens (including phenoxy) is 1. The predicted molar refractivity (Wildman–Crippen MR) is 99.4 cm³/mol. The highest BCUT2D eigenvalue weighted by atomic mass is 16.5. The van der Waals surface area contributed by atoms with Crippen LogP contribution < -0.4 is 10.6 Å². The fraction of sp³-hybridized carbons (Fsp3) is 0.737. The zero-order valence-electron chi connectivity index (χ0n) is 15.8. The lowest BCUT2D eigenvalue weighted by Crippen LogP contribution is -2.52. The lowest BCUT2D eigenvalue weighted by atomic mass is 9.99. The molecule has 3 aliphatic rings. The van der Waals surface area contributed by atoms with E-state index in [9.17, 15) is 4.79 Å². The van der Waals surface area contributed by atoms with E-state index in [1.54, 1.807) is 0 Å². The number of morpholine rings is 1. The number of aryl methyl sites for hydroxylation is 1. The van der Waals surface area contributed by atoms with Crippen LogP contribution in [0.15, 0.2) is 0 Å². The van der Waals surface area contributed by atoms with Crippen molar-refractivity contribution in [3.05, 3.63) is 17.1 Å². The molecular weight excluding hydrogens is 330 g/mol. The first kappa shape index (κ1) is 17.7. The largest absolute Gasteiger partial charge is 0.371 e. The highest BCUT2D eigenvalue weighted by molar-refractivity contribution is 5.91. The number of aromatic nitrogens is 2. The molecule has 0 aromatic carbocycles. The normalized spacial score (nSPS) is 25.3. The number of nitrogens with zero attached hydrogens (tertiary/aromatic N) is 4. The molecule has 2 N–H and O–H groups in total. The SMILES string of the molecule is Cc1nc(C(=O)N2CCOC3(CCCC3)C2)nc(N2CC[C@@H](N)C2)c1C. The molecule has 26 heavy (non-hydrogen) atoms. The van der Waals surface area contributed by atoms with Crippen LogP contribution in [0.2, 0.25) is 0 Å². The average Bonchev–Trinajstić information content (AvgIpc) is 3.26. The van der Waals surface area contributed by atoms with Crippen LogP contribution in [0, 0.1) is 13.8 Å². The first-order valence-corrected chi connectivity index (χ1v) is 9.76. The minimum Gasteiger partial charge on any atom is -0.371 e. The van der Waals surface area contributed by atoms with Crippen LogP contribution in [0.25, 0.3) is 0 Å². The Morgan fingerprint density at radius 2 is 2.00 bits per heavy atom. The summed E-state index contributed by atoms with van der Waals surface area (Å²) in [6.07, 6.45) is 5.41. The Morgan fingerprint density at radius 3 is 2.69 bits per heavy atom. The van der Waals surface area contributed by atoms with Gasteiger partial charge in [0.05, 0.1) is 18.8 Å². The fourth-order valence-electron chi connectivity index (χ4n) is 4.48. The van der Waals surface area contributed by atoms with Gasteiger partial charge in [-0.05, 0) is 33.1 Å². The van der Waals surface area contributed by atoms with Crippen LogP contribution in [0.3, 0.4) is 0 Å². The lowest BCUT2D eigenvalue weighted by molar-refractivity contribution is -0.0950. The molecule has 3 heterocycles. The number of amides is 1. The number of anilines is 1. The van der Waals surface area contributed by atoms with E-state index in [-0.39, 0.29) is 17.6 Å². The Labute approximate surface area is 154 Å². The summed E-state index contributed by atoms with van der Waals surface area (Å²) in [6.45, 7) is 7.51. The molecule has 3 fully saturated rings. The number of nitrogens with two attached hydrogens (primary N) is 1. The Kier molecular flexibility index (Phi) is 4.61. The highest BCUT2D eigenvalue weighted by Gasteiger charge is 2.41. The summed E-state index contributed by atoms with van der Waals surface area (Å²) in [5.74, 6) is 1.09. The van der Waals surface area contributed by atoms with E-state index < -0.39 is 0 Å². The molecule has 2 saturated heterocycles. The molecule has 2 aliphatic heterocycles. The van der Waals surface area contributed by atoms with Gasteiger partial charge in [0, 0.05) is 36.9 Å². The van der Waals surface area contributed by atoms with Crippen LogP contribution in [0.1, 0.15) is 54.0 Å². The molecule has 0 unspecified atom stereocenters. The van der Waals surface area contributed by atoms with Crippen LogP contribution in [-0.2, 0) is 4.74 Å². The second-order valence-electron chi connectivity index (χ2n) is 8.04. The Balaban J connectivity index is 1.58. The van der Waals surface area contributed by atoms with Gasteiger partial charge in [-0.15, -0.1) is 0 Å². The Bertz CT molecular complexity index is 701. The third kappa shape index (κ3) is 3.18. The molecule has 7 heteroatoms. The Morgan fingerprint density at radius 1 is 1.23 bits per heavy atom. The van der Waals surface area contributed by atoms with Gasteiger partial charge in [-0.3, -0.25) is 4.79 Å². The van der Waals surface area contributed by atoms with Gasteiger partial charge >= 0.3 is 0 Å². The minimum atomic E-state index is -0.141. The second-order valence-corrected chi connectivity index (χ2v) is 8.04. The van der Waals surface area contributed by atoms with E-state index in [1.807, 2.05) is 18.7 Å². The van der Waals surface area contributed by atoms with Crippen molar-refractivity contribution in [2.24, 2.45) is 5.73 Å². The number of carbonyl (C=O) groups excluding carboxylic acids is 1. The molecule has 1 aromatic heterocycles. The smallest absolute Gasteiger partial charge is 0.291 e. The van der Waals surface area contributed by atoms with Crippen molar-refractivity contribution in [1.82, 2.24) is 14.9 Å². The van der Waals surface area contributed by atoms with Crippen molar-refractivity contribution in [2.75, 3.05) is 37.7 Å². The van der Waals surface area contributed by atoms with E-state index in [2.05, 4.69) is 14.9 Å². The van der Waals surface area contributed by atoms with Crippen molar-refractivity contribution in [3.8, 4) is 0 Å². The minimum absolute atomic E-state index is 0.0765. The Hall–Kier alpha value is -1.73. The molecule has 1 aliphatic carbocycles. The van der Waals surface area contributed by atoms with Gasteiger partial charge in [-0.2, -0.15) is 0 Å². The van der Waals surface area contributed by atoms with Crippen molar-refractivity contribution in [1.29, 1.82) is 0 Å². The highest BCUT2D eigenvalue weighted by Crippen LogP contribution is 2.36. The number of hydrogen-bond donors (Lipinski definition) is 1. The van der Waals surface area contributed by atoms with Crippen molar-refractivity contribution in [3.63, 3.8) is 0 Å². The molecule has 142 valence electrons. The van der Waals surface area contributed by atoms with Gasteiger partial charge in [0.25, 0.3) is 5.91 Å². The molecule has 7 nitrogen and oxygen atoms in total. The molecule has 1 aromatic rings. The topological polar surface area (TPSA) is 84.6 Å². The number of carbonyl (C=O) groups is 1. The van der Waals surface area contributed by atoms with Gasteiger partial charge in [0.1, 0.15) is 5.82 Å².